The summed E-state index contributed by atoms with van der Waals surface area (Å²) in [5.74, 6) is 2.06. The summed E-state index contributed by atoms with van der Waals surface area (Å²) in [5, 5.41) is 0. The Kier molecular flexibility index (Phi) is 4.27. The number of hydrogen-bond acceptors (Lipinski definition) is 8. The average molecular weight is 367 g/mol. The first-order valence-corrected chi connectivity index (χ1v) is 9.86. The molecular formula is C19H25N7O. The fraction of sp³-hybridized carbons (Fsp3) is 0.579. The minimum atomic E-state index is 0.273. The van der Waals surface area contributed by atoms with Crippen molar-refractivity contribution >= 4 is 17.7 Å². The number of fused-ring (bicyclic) bond motifs is 3. The molecule has 0 radical (unpaired) electrons. The van der Waals surface area contributed by atoms with Gasteiger partial charge in [-0.3, -0.25) is 0 Å². The van der Waals surface area contributed by atoms with Crippen LogP contribution in [0.2, 0.25) is 0 Å². The van der Waals surface area contributed by atoms with E-state index < -0.39 is 0 Å². The average Bonchev–Trinajstić information content (AvgIpc) is 2.75. The number of aromatic nitrogens is 4. The van der Waals surface area contributed by atoms with Crippen molar-refractivity contribution in [3.8, 4) is 11.3 Å². The van der Waals surface area contributed by atoms with Crippen molar-refractivity contribution in [2.24, 2.45) is 0 Å². The highest BCUT2D eigenvalue weighted by atomic mass is 16.5. The summed E-state index contributed by atoms with van der Waals surface area (Å²) in [6, 6.07) is 2.46. The van der Waals surface area contributed by atoms with Gasteiger partial charge in [0.2, 0.25) is 11.9 Å². The monoisotopic (exact) mass is 367 g/mol. The molecule has 4 saturated heterocycles. The quantitative estimate of drug-likeness (QED) is 0.879. The molecule has 0 unspecified atom stereocenters. The number of nitrogens with zero attached hydrogens (tertiary/aromatic N) is 6. The van der Waals surface area contributed by atoms with Gasteiger partial charge in [0.15, 0.2) is 0 Å². The van der Waals surface area contributed by atoms with E-state index in [1.165, 1.54) is 19.3 Å². The SMILES string of the molecule is Nc1ncc(-c2cc(N3C[C@@H]4CC[C@H]3CO4)nc(N3CCCCC3)n2)cn1. The molecule has 27 heavy (non-hydrogen) atoms. The summed E-state index contributed by atoms with van der Waals surface area (Å²) in [5.41, 5.74) is 7.37. The normalized spacial score (nSPS) is 25.0. The van der Waals surface area contributed by atoms with Crippen LogP contribution in [0.4, 0.5) is 17.7 Å². The van der Waals surface area contributed by atoms with Gasteiger partial charge in [0.05, 0.1) is 24.4 Å². The number of rotatable bonds is 3. The molecule has 4 aliphatic rings. The number of piperidine rings is 2. The predicted octanol–water partition coefficient (Wildman–Crippen LogP) is 1.87. The molecule has 2 N–H and O–H groups in total. The van der Waals surface area contributed by atoms with Crippen molar-refractivity contribution in [2.75, 3.05) is 41.8 Å². The molecule has 8 heteroatoms. The highest BCUT2D eigenvalue weighted by Crippen LogP contribution is 2.33. The molecule has 2 atom stereocenters. The molecule has 4 aliphatic heterocycles. The third kappa shape index (κ3) is 3.29. The molecule has 2 aromatic heterocycles. The third-order valence-electron chi connectivity index (χ3n) is 5.79. The van der Waals surface area contributed by atoms with Crippen molar-refractivity contribution in [3.05, 3.63) is 18.5 Å². The Morgan fingerprint density at radius 3 is 2.52 bits per heavy atom. The lowest BCUT2D eigenvalue weighted by atomic mass is 9.97. The molecular weight excluding hydrogens is 342 g/mol. The summed E-state index contributed by atoms with van der Waals surface area (Å²) in [4.78, 5) is 22.8. The number of hydrogen-bond donors (Lipinski definition) is 1. The molecule has 0 spiro atoms. The zero-order valence-corrected chi connectivity index (χ0v) is 15.4. The van der Waals surface area contributed by atoms with E-state index in [0.717, 1.165) is 62.1 Å². The fourth-order valence-corrected chi connectivity index (χ4v) is 4.25. The topological polar surface area (TPSA) is 93.3 Å². The van der Waals surface area contributed by atoms with Crippen LogP contribution in [-0.4, -0.2) is 58.3 Å². The Morgan fingerprint density at radius 2 is 1.85 bits per heavy atom. The summed E-state index contributed by atoms with van der Waals surface area (Å²) in [6.45, 7) is 3.71. The van der Waals surface area contributed by atoms with Crippen LogP contribution in [0.15, 0.2) is 18.5 Å². The maximum absolute atomic E-state index is 5.87. The second-order valence-corrected chi connectivity index (χ2v) is 7.63. The Labute approximate surface area is 158 Å². The number of morpholine rings is 1. The molecule has 0 aliphatic carbocycles. The van der Waals surface area contributed by atoms with Crippen LogP contribution in [0.3, 0.4) is 0 Å². The van der Waals surface area contributed by atoms with Gasteiger partial charge in [0.1, 0.15) is 5.82 Å². The zero-order chi connectivity index (χ0) is 18.2. The largest absolute Gasteiger partial charge is 0.374 e. The van der Waals surface area contributed by atoms with Gasteiger partial charge >= 0.3 is 0 Å². The van der Waals surface area contributed by atoms with Gasteiger partial charge < -0.3 is 20.3 Å². The minimum Gasteiger partial charge on any atom is -0.374 e. The number of nitrogen functional groups attached to an aromatic ring is 1. The molecule has 2 bridgehead atoms. The van der Waals surface area contributed by atoms with Gasteiger partial charge in [-0.25, -0.2) is 15.0 Å². The molecule has 142 valence electrons. The molecule has 0 saturated carbocycles. The molecule has 0 amide bonds. The predicted molar refractivity (Wildman–Crippen MR) is 104 cm³/mol. The first-order chi connectivity index (χ1) is 13.3. The number of ether oxygens (including phenoxy) is 1. The molecule has 4 fully saturated rings. The number of anilines is 3. The molecule has 6 rings (SSSR count). The van der Waals surface area contributed by atoms with E-state index in [-0.39, 0.29) is 5.95 Å². The summed E-state index contributed by atoms with van der Waals surface area (Å²) in [6.07, 6.45) is 9.75. The van der Waals surface area contributed by atoms with Crippen molar-refractivity contribution in [2.45, 2.75) is 44.2 Å². The van der Waals surface area contributed by atoms with Gasteiger partial charge in [0, 0.05) is 43.7 Å². The lowest BCUT2D eigenvalue weighted by Gasteiger charge is -2.45. The van der Waals surface area contributed by atoms with E-state index in [4.69, 9.17) is 20.4 Å². The van der Waals surface area contributed by atoms with E-state index >= 15 is 0 Å². The maximum atomic E-state index is 5.87. The van der Waals surface area contributed by atoms with Crippen LogP contribution in [0, 0.1) is 0 Å². The molecule has 6 heterocycles. The van der Waals surface area contributed by atoms with Crippen LogP contribution in [0.25, 0.3) is 11.3 Å². The highest BCUT2D eigenvalue weighted by Gasteiger charge is 2.36. The summed E-state index contributed by atoms with van der Waals surface area (Å²) < 4.78 is 5.87. The molecule has 8 nitrogen and oxygen atoms in total. The van der Waals surface area contributed by atoms with Gasteiger partial charge in [0.25, 0.3) is 0 Å². The minimum absolute atomic E-state index is 0.273. The van der Waals surface area contributed by atoms with Crippen molar-refractivity contribution in [1.82, 2.24) is 19.9 Å². The van der Waals surface area contributed by atoms with Crippen LogP contribution in [-0.2, 0) is 4.74 Å². The van der Waals surface area contributed by atoms with Crippen molar-refractivity contribution < 1.29 is 4.74 Å². The second kappa shape index (κ2) is 6.92. The van der Waals surface area contributed by atoms with Gasteiger partial charge in [-0.15, -0.1) is 0 Å². The third-order valence-corrected chi connectivity index (χ3v) is 5.79. The van der Waals surface area contributed by atoms with Crippen molar-refractivity contribution in [1.29, 1.82) is 0 Å². The lowest BCUT2D eigenvalue weighted by Crippen LogP contribution is -2.55. The van der Waals surface area contributed by atoms with E-state index in [9.17, 15) is 0 Å². The standard InChI is InChI=1S/C19H25N7O/c20-18-21-9-13(10-22-18)16-8-17(26-11-15-5-4-14(26)12-27-15)24-19(23-16)25-6-2-1-3-7-25/h8-10,14-15H,1-7,11-12H2,(H2,20,21,22)/t14-,15-/m0/s1. The van der Waals surface area contributed by atoms with Crippen molar-refractivity contribution in [3.63, 3.8) is 0 Å². The number of nitrogens with two attached hydrogens (primary N) is 1. The zero-order valence-electron chi connectivity index (χ0n) is 15.4. The second-order valence-electron chi connectivity index (χ2n) is 7.63. The Balaban J connectivity index is 1.55. The first kappa shape index (κ1) is 16.7. The fourth-order valence-electron chi connectivity index (χ4n) is 4.25. The van der Waals surface area contributed by atoms with Crippen LogP contribution in [0.5, 0.6) is 0 Å². The molecule has 2 aromatic rings. The molecule has 0 aromatic carbocycles. The Bertz CT molecular complexity index is 798. The van der Waals surface area contributed by atoms with Gasteiger partial charge in [-0.05, 0) is 32.1 Å². The van der Waals surface area contributed by atoms with E-state index in [0.29, 0.717) is 12.1 Å². The Morgan fingerprint density at radius 1 is 1.04 bits per heavy atom. The lowest BCUT2D eigenvalue weighted by molar-refractivity contribution is -0.0228. The Hall–Kier alpha value is -2.48. The summed E-state index contributed by atoms with van der Waals surface area (Å²) >= 11 is 0. The van der Waals surface area contributed by atoms with Gasteiger partial charge in [-0.1, -0.05) is 0 Å². The van der Waals surface area contributed by atoms with Crippen LogP contribution in [0.1, 0.15) is 32.1 Å². The smallest absolute Gasteiger partial charge is 0.227 e. The van der Waals surface area contributed by atoms with E-state index in [1.807, 2.05) is 0 Å². The van der Waals surface area contributed by atoms with E-state index in [2.05, 4.69) is 25.8 Å². The van der Waals surface area contributed by atoms with Crippen LogP contribution >= 0.6 is 0 Å². The van der Waals surface area contributed by atoms with Gasteiger partial charge in [-0.2, -0.15) is 4.98 Å². The highest BCUT2D eigenvalue weighted by molar-refractivity contribution is 5.64. The maximum Gasteiger partial charge on any atom is 0.227 e. The van der Waals surface area contributed by atoms with E-state index in [1.54, 1.807) is 12.4 Å². The first-order valence-electron chi connectivity index (χ1n) is 9.86. The van der Waals surface area contributed by atoms with Crippen LogP contribution < -0.4 is 15.5 Å². The summed E-state index contributed by atoms with van der Waals surface area (Å²) in [7, 11) is 0.